The largest absolute Gasteiger partial charge is 0.321 e. The molecule has 4 heterocycles. The second kappa shape index (κ2) is 8.92. The lowest BCUT2D eigenvalue weighted by atomic mass is 10.2. The topological polar surface area (TPSA) is 93.1 Å². The van der Waals surface area contributed by atoms with Gasteiger partial charge in [-0.1, -0.05) is 18.6 Å². The van der Waals surface area contributed by atoms with Crippen molar-refractivity contribution in [2.75, 3.05) is 10.6 Å². The Morgan fingerprint density at radius 1 is 1.03 bits per heavy atom. The number of aromatic nitrogens is 2. The molecule has 5 rings (SSSR count). The number of nitrogens with one attached hydrogen (secondary N) is 2. The van der Waals surface area contributed by atoms with E-state index < -0.39 is 0 Å². The molecule has 2 amide bonds. The van der Waals surface area contributed by atoms with E-state index in [4.69, 9.17) is 4.98 Å². The third-order valence-electron chi connectivity index (χ3n) is 5.74. The molecule has 3 aromatic heterocycles. The normalized spacial score (nSPS) is 13.4. The van der Waals surface area contributed by atoms with Gasteiger partial charge < -0.3 is 10.6 Å². The zero-order valence-electron chi connectivity index (χ0n) is 18.0. The van der Waals surface area contributed by atoms with Crippen LogP contribution in [0.25, 0.3) is 10.2 Å². The first-order chi connectivity index (χ1) is 16.0. The predicted molar refractivity (Wildman–Crippen MR) is 133 cm³/mol. The maximum Gasteiger partial charge on any atom is 0.266 e. The number of nitrogens with zero attached hydrogens (tertiary/aromatic N) is 2. The SMILES string of the molecule is Cc1c(C(=O)Nc2cccc(NC(=O)c3cccs3)c2)sc2nc3n(c(=O)c12)CCCCC3. The number of hydrogen-bond donors (Lipinski definition) is 2. The van der Waals surface area contributed by atoms with E-state index in [0.717, 1.165) is 31.5 Å². The Bertz CT molecular complexity index is 1420. The third kappa shape index (κ3) is 4.21. The van der Waals surface area contributed by atoms with E-state index in [1.54, 1.807) is 41.8 Å². The number of rotatable bonds is 4. The maximum atomic E-state index is 13.1. The summed E-state index contributed by atoms with van der Waals surface area (Å²) in [7, 11) is 0. The molecule has 0 atom stereocenters. The van der Waals surface area contributed by atoms with Crippen LogP contribution in [0.15, 0.2) is 46.6 Å². The van der Waals surface area contributed by atoms with Crippen LogP contribution in [0, 0.1) is 6.92 Å². The predicted octanol–water partition coefficient (Wildman–Crippen LogP) is 5.06. The second-order valence-corrected chi connectivity index (χ2v) is 9.94. The number of benzene rings is 1. The van der Waals surface area contributed by atoms with E-state index in [1.807, 2.05) is 11.4 Å². The molecule has 7 nitrogen and oxygen atoms in total. The van der Waals surface area contributed by atoms with E-state index in [9.17, 15) is 14.4 Å². The summed E-state index contributed by atoms with van der Waals surface area (Å²) in [5.41, 5.74) is 1.75. The fraction of sp³-hybridized carbons (Fsp3) is 0.250. The Morgan fingerprint density at radius 3 is 2.58 bits per heavy atom. The van der Waals surface area contributed by atoms with Crippen LogP contribution in [0.2, 0.25) is 0 Å². The molecule has 0 aliphatic carbocycles. The number of carbonyl (C=O) groups is 2. The van der Waals surface area contributed by atoms with Crippen molar-refractivity contribution in [2.24, 2.45) is 0 Å². The van der Waals surface area contributed by atoms with Crippen molar-refractivity contribution in [3.05, 3.63) is 73.3 Å². The Morgan fingerprint density at radius 2 is 1.82 bits per heavy atom. The summed E-state index contributed by atoms with van der Waals surface area (Å²) < 4.78 is 1.77. The molecule has 4 aromatic rings. The highest BCUT2D eigenvalue weighted by atomic mass is 32.1. The highest BCUT2D eigenvalue weighted by Crippen LogP contribution is 2.29. The van der Waals surface area contributed by atoms with Crippen molar-refractivity contribution in [1.82, 2.24) is 9.55 Å². The van der Waals surface area contributed by atoms with Gasteiger partial charge in [-0.15, -0.1) is 22.7 Å². The lowest BCUT2D eigenvalue weighted by molar-refractivity contribution is 0.102. The van der Waals surface area contributed by atoms with Gasteiger partial charge in [0.2, 0.25) is 0 Å². The molecule has 0 radical (unpaired) electrons. The molecule has 1 aliphatic rings. The molecule has 2 N–H and O–H groups in total. The smallest absolute Gasteiger partial charge is 0.266 e. The number of thiophene rings is 2. The monoisotopic (exact) mass is 478 g/mol. The van der Waals surface area contributed by atoms with Gasteiger partial charge in [-0.25, -0.2) is 4.98 Å². The molecule has 0 bridgehead atoms. The molecule has 168 valence electrons. The number of anilines is 2. The van der Waals surface area contributed by atoms with Gasteiger partial charge >= 0.3 is 0 Å². The van der Waals surface area contributed by atoms with Crippen LogP contribution in [0.3, 0.4) is 0 Å². The van der Waals surface area contributed by atoms with Crippen molar-refractivity contribution in [1.29, 1.82) is 0 Å². The minimum Gasteiger partial charge on any atom is -0.321 e. The Balaban J connectivity index is 1.40. The highest BCUT2D eigenvalue weighted by molar-refractivity contribution is 7.20. The quantitative estimate of drug-likeness (QED) is 0.429. The summed E-state index contributed by atoms with van der Waals surface area (Å²) in [5.74, 6) is 0.323. The summed E-state index contributed by atoms with van der Waals surface area (Å²) in [6.07, 6.45) is 3.87. The van der Waals surface area contributed by atoms with Crippen molar-refractivity contribution in [3.63, 3.8) is 0 Å². The van der Waals surface area contributed by atoms with Gasteiger partial charge in [0.15, 0.2) is 0 Å². The third-order valence-corrected chi connectivity index (χ3v) is 7.79. The zero-order valence-corrected chi connectivity index (χ0v) is 19.6. The number of carbonyl (C=O) groups excluding carboxylic acids is 2. The fourth-order valence-electron chi connectivity index (χ4n) is 4.09. The van der Waals surface area contributed by atoms with E-state index in [2.05, 4.69) is 10.6 Å². The van der Waals surface area contributed by atoms with Gasteiger partial charge in [-0.05, 0) is 55.0 Å². The number of hydrogen-bond acceptors (Lipinski definition) is 6. The highest BCUT2D eigenvalue weighted by Gasteiger charge is 2.22. The van der Waals surface area contributed by atoms with Gasteiger partial charge in [-0.3, -0.25) is 19.0 Å². The minimum atomic E-state index is -0.295. The number of amides is 2. The van der Waals surface area contributed by atoms with Crippen molar-refractivity contribution in [3.8, 4) is 0 Å². The standard InChI is InChI=1S/C24H22N4O3S2/c1-14-19-23(27-18-10-3-2-4-11-28(18)24(19)31)33-20(14)22(30)26-16-8-5-7-15(13-16)25-21(29)17-9-6-12-32-17/h5-9,12-13H,2-4,10-11H2,1H3,(H,25,29)(H,26,30). The zero-order chi connectivity index (χ0) is 22.9. The summed E-state index contributed by atoms with van der Waals surface area (Å²) in [6.45, 7) is 2.48. The molecule has 0 fully saturated rings. The van der Waals surface area contributed by atoms with Gasteiger partial charge in [-0.2, -0.15) is 0 Å². The average molecular weight is 479 g/mol. The van der Waals surface area contributed by atoms with Crippen LogP contribution in [-0.2, 0) is 13.0 Å². The summed E-state index contributed by atoms with van der Waals surface area (Å²) in [4.78, 5) is 45.0. The molecule has 9 heteroatoms. The molecule has 0 unspecified atom stereocenters. The van der Waals surface area contributed by atoms with E-state index in [-0.39, 0.29) is 17.4 Å². The number of aryl methyl sites for hydroxylation is 2. The first-order valence-corrected chi connectivity index (χ1v) is 12.5. The van der Waals surface area contributed by atoms with Crippen molar-refractivity contribution in [2.45, 2.75) is 39.2 Å². The van der Waals surface area contributed by atoms with E-state index >= 15 is 0 Å². The average Bonchev–Trinajstić information content (AvgIpc) is 3.37. The first-order valence-electron chi connectivity index (χ1n) is 10.8. The fourth-order valence-corrected chi connectivity index (χ4v) is 5.79. The van der Waals surface area contributed by atoms with Gasteiger partial charge in [0.25, 0.3) is 17.4 Å². The Labute approximate surface area is 198 Å². The van der Waals surface area contributed by atoms with Gasteiger partial charge in [0, 0.05) is 24.3 Å². The second-order valence-electron chi connectivity index (χ2n) is 8.00. The maximum absolute atomic E-state index is 13.1. The van der Waals surface area contributed by atoms with Crippen LogP contribution < -0.4 is 16.2 Å². The molecule has 0 saturated heterocycles. The lowest BCUT2D eigenvalue weighted by Crippen LogP contribution is -2.24. The van der Waals surface area contributed by atoms with Crippen LogP contribution in [-0.4, -0.2) is 21.4 Å². The van der Waals surface area contributed by atoms with Crippen molar-refractivity contribution < 1.29 is 9.59 Å². The summed E-state index contributed by atoms with van der Waals surface area (Å²) in [5, 5.41) is 8.12. The van der Waals surface area contributed by atoms with Gasteiger partial charge in [0.1, 0.15) is 10.7 Å². The first kappa shape index (κ1) is 21.5. The Kier molecular flexibility index (Phi) is 5.82. The molecule has 0 spiro atoms. The van der Waals surface area contributed by atoms with Crippen LogP contribution in [0.1, 0.15) is 50.0 Å². The van der Waals surface area contributed by atoms with E-state index in [1.165, 1.54) is 22.7 Å². The lowest BCUT2D eigenvalue weighted by Gasteiger charge is -2.08. The molecule has 1 aliphatic heterocycles. The van der Waals surface area contributed by atoms with Crippen molar-refractivity contribution >= 4 is 56.1 Å². The Hall–Kier alpha value is -3.30. The molecule has 1 aromatic carbocycles. The molecule has 33 heavy (non-hydrogen) atoms. The van der Waals surface area contributed by atoms with Crippen LogP contribution in [0.5, 0.6) is 0 Å². The summed E-state index contributed by atoms with van der Waals surface area (Å²) in [6, 6.07) is 10.6. The molecule has 0 saturated carbocycles. The number of fused-ring (bicyclic) bond motifs is 2. The molecular weight excluding hydrogens is 456 g/mol. The van der Waals surface area contributed by atoms with E-state index in [0.29, 0.717) is 43.5 Å². The summed E-state index contributed by atoms with van der Waals surface area (Å²) >= 11 is 2.62. The minimum absolute atomic E-state index is 0.0528. The van der Waals surface area contributed by atoms with Crippen LogP contribution >= 0.6 is 22.7 Å². The van der Waals surface area contributed by atoms with Crippen LogP contribution in [0.4, 0.5) is 11.4 Å². The van der Waals surface area contributed by atoms with Gasteiger partial charge in [0.05, 0.1) is 15.1 Å². The molecular formula is C24H22N4O3S2.